The summed E-state index contributed by atoms with van der Waals surface area (Å²) < 4.78 is 0. The summed E-state index contributed by atoms with van der Waals surface area (Å²) >= 11 is 0. The Morgan fingerprint density at radius 3 is 1.57 bits per heavy atom. The molecule has 0 saturated heterocycles. The van der Waals surface area contributed by atoms with Gasteiger partial charge in [0.2, 0.25) is 0 Å². The van der Waals surface area contributed by atoms with Crippen LogP contribution in [0.5, 0.6) is 0 Å². The summed E-state index contributed by atoms with van der Waals surface area (Å²) in [6.45, 7) is 0. The minimum absolute atomic E-state index is 0.675. The molecule has 0 amide bonds. The van der Waals surface area contributed by atoms with E-state index in [4.69, 9.17) is 9.97 Å². The van der Waals surface area contributed by atoms with E-state index in [2.05, 4.69) is 84.9 Å². The van der Waals surface area contributed by atoms with Gasteiger partial charge in [0.05, 0.1) is 23.0 Å². The average Bonchev–Trinajstić information content (AvgIpc) is 3.08. The highest BCUT2D eigenvalue weighted by molar-refractivity contribution is 6.05. The van der Waals surface area contributed by atoms with Crippen LogP contribution in [0.3, 0.4) is 0 Å². The van der Waals surface area contributed by atoms with Crippen LogP contribution in [-0.4, -0.2) is 9.97 Å². The lowest BCUT2D eigenvalue weighted by Crippen LogP contribution is -1.95. The number of hydrogen-bond donors (Lipinski definition) is 0. The first-order valence-electron chi connectivity index (χ1n) is 13.9. The van der Waals surface area contributed by atoms with Crippen molar-refractivity contribution in [2.45, 2.75) is 0 Å². The number of fused-ring (bicyclic) bond motifs is 1. The Morgan fingerprint density at radius 2 is 0.905 bits per heavy atom. The first kappa shape index (κ1) is 25.1. The molecule has 0 atom stereocenters. The second kappa shape index (κ2) is 11.0. The van der Waals surface area contributed by atoms with E-state index < -0.39 is 0 Å². The van der Waals surface area contributed by atoms with Gasteiger partial charge in [-0.25, -0.2) is 9.97 Å². The monoisotopic (exact) mass is 535 g/mol. The van der Waals surface area contributed by atoms with Crippen LogP contribution in [0.15, 0.2) is 152 Å². The van der Waals surface area contributed by atoms with Crippen molar-refractivity contribution in [2.24, 2.45) is 0 Å². The number of nitrogens with zero attached hydrogens (tertiary/aromatic N) is 3. The quantitative estimate of drug-likeness (QED) is 0.220. The minimum atomic E-state index is 0.675. The van der Waals surface area contributed by atoms with Crippen LogP contribution in [0.1, 0.15) is 5.56 Å². The molecule has 7 aromatic rings. The van der Waals surface area contributed by atoms with Crippen molar-refractivity contribution in [1.82, 2.24) is 9.97 Å². The summed E-state index contributed by atoms with van der Waals surface area (Å²) in [5.41, 5.74) is 9.79. The average molecular weight is 536 g/mol. The Labute approximate surface area is 245 Å². The third-order valence-electron chi connectivity index (χ3n) is 7.58. The summed E-state index contributed by atoms with van der Waals surface area (Å²) in [7, 11) is 0. The van der Waals surface area contributed by atoms with Gasteiger partial charge in [-0.15, -0.1) is 0 Å². The van der Waals surface area contributed by atoms with Gasteiger partial charge in [0.15, 0.2) is 5.82 Å². The van der Waals surface area contributed by atoms with E-state index in [0.29, 0.717) is 11.4 Å². The van der Waals surface area contributed by atoms with Crippen LogP contribution < -0.4 is 0 Å². The summed E-state index contributed by atoms with van der Waals surface area (Å²) in [6.07, 6.45) is 0. The van der Waals surface area contributed by atoms with Crippen molar-refractivity contribution in [3.05, 3.63) is 157 Å². The summed E-state index contributed by atoms with van der Waals surface area (Å²) in [5.74, 6) is 0.704. The second-order valence-corrected chi connectivity index (χ2v) is 10.1. The lowest BCUT2D eigenvalue weighted by molar-refractivity contribution is 1.18. The highest BCUT2D eigenvalue weighted by Crippen LogP contribution is 2.37. The third-order valence-corrected chi connectivity index (χ3v) is 7.58. The van der Waals surface area contributed by atoms with Crippen molar-refractivity contribution in [3.63, 3.8) is 0 Å². The molecule has 7 rings (SSSR count). The third kappa shape index (κ3) is 4.72. The predicted molar refractivity (Wildman–Crippen MR) is 171 cm³/mol. The lowest BCUT2D eigenvalue weighted by Gasteiger charge is -2.14. The molecule has 0 saturated carbocycles. The number of aromatic nitrogens is 2. The maximum Gasteiger partial charge on any atom is 0.160 e. The zero-order valence-corrected chi connectivity index (χ0v) is 22.8. The molecule has 0 bridgehead atoms. The molecule has 0 unspecified atom stereocenters. The van der Waals surface area contributed by atoms with Crippen molar-refractivity contribution in [2.75, 3.05) is 0 Å². The molecule has 1 heterocycles. The first-order chi connectivity index (χ1) is 20.8. The standard InChI is InChI=1S/C39H25N3/c40-26-31-15-7-8-16-32(31)36-24-23-33(34-17-9-10-18-35(34)36)27-19-21-29(22-20-27)38-25-37(28-11-3-1-4-12-28)41-39(42-38)30-13-5-2-6-14-30/h1-25H. The molecular formula is C39H25N3. The van der Waals surface area contributed by atoms with Crippen LogP contribution in [-0.2, 0) is 0 Å². The highest BCUT2D eigenvalue weighted by atomic mass is 14.9. The molecule has 42 heavy (non-hydrogen) atoms. The summed E-state index contributed by atoms with van der Waals surface area (Å²) in [6, 6.07) is 53.8. The Morgan fingerprint density at radius 1 is 0.405 bits per heavy atom. The SMILES string of the molecule is N#Cc1ccccc1-c1ccc(-c2ccc(-c3cc(-c4ccccc4)nc(-c4ccccc4)n3)cc2)c2ccccc12. The normalized spacial score (nSPS) is 10.8. The fourth-order valence-electron chi connectivity index (χ4n) is 5.49. The van der Waals surface area contributed by atoms with Crippen LogP contribution in [0.4, 0.5) is 0 Å². The largest absolute Gasteiger partial charge is 0.228 e. The maximum atomic E-state index is 9.71. The van der Waals surface area contributed by atoms with Crippen LogP contribution >= 0.6 is 0 Å². The van der Waals surface area contributed by atoms with Gasteiger partial charge in [0.25, 0.3) is 0 Å². The van der Waals surface area contributed by atoms with Crippen LogP contribution in [0.25, 0.3) is 66.9 Å². The Balaban J connectivity index is 1.31. The van der Waals surface area contributed by atoms with Crippen molar-refractivity contribution >= 4 is 10.8 Å². The molecule has 1 aromatic heterocycles. The molecule has 0 N–H and O–H groups in total. The van der Waals surface area contributed by atoms with Gasteiger partial charge >= 0.3 is 0 Å². The molecule has 196 valence electrons. The van der Waals surface area contributed by atoms with Gasteiger partial charge in [0.1, 0.15) is 0 Å². The molecule has 3 nitrogen and oxygen atoms in total. The number of benzene rings is 6. The fraction of sp³-hybridized carbons (Fsp3) is 0. The number of hydrogen-bond acceptors (Lipinski definition) is 3. The zero-order valence-electron chi connectivity index (χ0n) is 22.8. The molecule has 6 aromatic carbocycles. The van der Waals surface area contributed by atoms with Gasteiger partial charge in [-0.3, -0.25) is 0 Å². The molecule has 0 fully saturated rings. The molecule has 0 spiro atoms. The zero-order chi connectivity index (χ0) is 28.3. The molecule has 3 heteroatoms. The fourth-order valence-corrected chi connectivity index (χ4v) is 5.49. The van der Waals surface area contributed by atoms with Gasteiger partial charge in [-0.05, 0) is 39.6 Å². The topological polar surface area (TPSA) is 49.6 Å². The van der Waals surface area contributed by atoms with E-state index >= 15 is 0 Å². The number of rotatable bonds is 5. The molecule has 0 aliphatic rings. The lowest BCUT2D eigenvalue weighted by atomic mass is 9.90. The highest BCUT2D eigenvalue weighted by Gasteiger charge is 2.14. The van der Waals surface area contributed by atoms with Crippen molar-refractivity contribution in [3.8, 4) is 62.2 Å². The van der Waals surface area contributed by atoms with Crippen LogP contribution in [0, 0.1) is 11.3 Å². The molecule has 0 radical (unpaired) electrons. The van der Waals surface area contributed by atoms with Gasteiger partial charge in [0, 0.05) is 22.3 Å². The van der Waals surface area contributed by atoms with Crippen molar-refractivity contribution < 1.29 is 0 Å². The number of nitriles is 1. The van der Waals surface area contributed by atoms with Gasteiger partial charge in [-0.2, -0.15) is 5.26 Å². The van der Waals surface area contributed by atoms with E-state index in [9.17, 15) is 5.26 Å². The molecule has 0 aliphatic carbocycles. The second-order valence-electron chi connectivity index (χ2n) is 10.1. The van der Waals surface area contributed by atoms with E-state index in [1.54, 1.807) is 0 Å². The van der Waals surface area contributed by atoms with E-state index in [-0.39, 0.29) is 0 Å². The Bertz CT molecular complexity index is 2020. The minimum Gasteiger partial charge on any atom is -0.228 e. The van der Waals surface area contributed by atoms with E-state index in [1.807, 2.05) is 72.8 Å². The van der Waals surface area contributed by atoms with E-state index in [1.165, 1.54) is 0 Å². The first-order valence-corrected chi connectivity index (χ1v) is 13.9. The predicted octanol–water partition coefficient (Wildman–Crippen LogP) is 9.84. The molecule has 0 aliphatic heterocycles. The Kier molecular flexibility index (Phi) is 6.56. The van der Waals surface area contributed by atoms with Crippen LogP contribution in [0.2, 0.25) is 0 Å². The van der Waals surface area contributed by atoms with Gasteiger partial charge in [-0.1, -0.05) is 140 Å². The van der Waals surface area contributed by atoms with Crippen molar-refractivity contribution in [1.29, 1.82) is 5.26 Å². The smallest absolute Gasteiger partial charge is 0.160 e. The molecular weight excluding hydrogens is 510 g/mol. The Hall–Kier alpha value is -5.85. The van der Waals surface area contributed by atoms with Gasteiger partial charge < -0.3 is 0 Å². The summed E-state index contributed by atoms with van der Waals surface area (Å²) in [5, 5.41) is 12.0. The van der Waals surface area contributed by atoms with E-state index in [0.717, 1.165) is 61.1 Å². The summed E-state index contributed by atoms with van der Waals surface area (Å²) in [4.78, 5) is 9.89. The maximum absolute atomic E-state index is 9.71.